The van der Waals surface area contributed by atoms with Crippen LogP contribution in [-0.4, -0.2) is 20.6 Å². The molecule has 28 heavy (non-hydrogen) atoms. The van der Waals surface area contributed by atoms with Gasteiger partial charge in [0, 0.05) is 23.3 Å². The van der Waals surface area contributed by atoms with Crippen LogP contribution in [0.15, 0.2) is 56.6 Å². The number of esters is 1. The molecule has 0 aliphatic rings. The fourth-order valence-electron chi connectivity index (χ4n) is 2.89. The Bertz CT molecular complexity index is 1220. The summed E-state index contributed by atoms with van der Waals surface area (Å²) in [5.41, 5.74) is 2.23. The number of carbonyl (C=O) groups excluding carboxylic acids is 1. The van der Waals surface area contributed by atoms with Crippen LogP contribution in [0.25, 0.3) is 11.0 Å². The van der Waals surface area contributed by atoms with E-state index in [0.29, 0.717) is 22.1 Å². The smallest absolute Gasteiger partial charge is 0.338 e. The lowest BCUT2D eigenvalue weighted by Crippen LogP contribution is -2.10. The molecule has 0 aliphatic carbocycles. The molecule has 0 spiro atoms. The topological polar surface area (TPSA) is 90.7 Å². The van der Waals surface area contributed by atoms with Crippen LogP contribution in [0.5, 0.6) is 0 Å². The molecule has 6 nitrogen and oxygen atoms in total. The molecular formula is C21H20O6S. The second-order valence-electron chi connectivity index (χ2n) is 6.60. The van der Waals surface area contributed by atoms with Gasteiger partial charge >= 0.3 is 11.6 Å². The average molecular weight is 400 g/mol. The molecule has 0 N–H and O–H groups in total. The third kappa shape index (κ3) is 4.14. The monoisotopic (exact) mass is 400 g/mol. The molecule has 0 saturated heterocycles. The van der Waals surface area contributed by atoms with Gasteiger partial charge in [-0.1, -0.05) is 25.1 Å². The Morgan fingerprint density at radius 3 is 2.54 bits per heavy atom. The summed E-state index contributed by atoms with van der Waals surface area (Å²) in [5, 5.41) is 0.686. The highest BCUT2D eigenvalue weighted by Crippen LogP contribution is 2.21. The first-order chi connectivity index (χ1) is 13.2. The molecule has 0 unspecified atom stereocenters. The lowest BCUT2D eigenvalue weighted by atomic mass is 10.1. The van der Waals surface area contributed by atoms with Crippen LogP contribution >= 0.6 is 0 Å². The summed E-state index contributed by atoms with van der Waals surface area (Å²) in [6, 6.07) is 11.2. The van der Waals surface area contributed by atoms with Crippen molar-refractivity contribution in [3.05, 3.63) is 75.1 Å². The highest BCUT2D eigenvalue weighted by Gasteiger charge is 2.16. The van der Waals surface area contributed by atoms with E-state index in [4.69, 9.17) is 9.15 Å². The second kappa shape index (κ2) is 7.59. The number of fused-ring (bicyclic) bond motifs is 1. The van der Waals surface area contributed by atoms with Crippen molar-refractivity contribution < 1.29 is 22.4 Å². The number of hydrogen-bond donors (Lipinski definition) is 0. The number of aryl methyl sites for hydroxylation is 2. The second-order valence-corrected chi connectivity index (χ2v) is 8.62. The Hall–Kier alpha value is -2.93. The third-order valence-corrected chi connectivity index (χ3v) is 5.63. The largest absolute Gasteiger partial charge is 0.457 e. The van der Waals surface area contributed by atoms with E-state index in [1.807, 2.05) is 19.1 Å². The Kier molecular flexibility index (Phi) is 5.38. The summed E-state index contributed by atoms with van der Waals surface area (Å²) >= 11 is 0. The molecule has 0 bridgehead atoms. The predicted octanol–water partition coefficient (Wildman–Crippen LogP) is 3.42. The summed E-state index contributed by atoms with van der Waals surface area (Å²) in [5.74, 6) is -0.658. The van der Waals surface area contributed by atoms with Gasteiger partial charge in [0.25, 0.3) is 0 Å². The summed E-state index contributed by atoms with van der Waals surface area (Å²) in [7, 11) is -3.45. The lowest BCUT2D eigenvalue weighted by molar-refractivity contribution is 0.0472. The highest BCUT2D eigenvalue weighted by atomic mass is 32.2. The number of carbonyl (C=O) groups is 1. The standard InChI is InChI=1S/C21H20O6S/c1-4-14-6-8-17-15(10-20(22)27-19(17)9-14)12-26-21(23)18-11-16(28(3,24)25)7-5-13(18)2/h5-11H,4,12H2,1-3H3. The van der Waals surface area contributed by atoms with Crippen molar-refractivity contribution in [2.75, 3.05) is 6.26 Å². The number of sulfone groups is 1. The van der Waals surface area contributed by atoms with E-state index >= 15 is 0 Å². The van der Waals surface area contributed by atoms with Crippen molar-refractivity contribution in [2.45, 2.75) is 31.8 Å². The Morgan fingerprint density at radius 2 is 1.86 bits per heavy atom. The molecule has 0 radical (unpaired) electrons. The molecule has 3 rings (SSSR count). The first kappa shape index (κ1) is 19.8. The fraction of sp³-hybridized carbons (Fsp3) is 0.238. The summed E-state index contributed by atoms with van der Waals surface area (Å²) < 4.78 is 34.1. The van der Waals surface area contributed by atoms with Gasteiger partial charge in [-0.25, -0.2) is 18.0 Å². The zero-order valence-corrected chi connectivity index (χ0v) is 16.6. The fourth-order valence-corrected chi connectivity index (χ4v) is 3.53. The van der Waals surface area contributed by atoms with Gasteiger partial charge in [-0.15, -0.1) is 0 Å². The van der Waals surface area contributed by atoms with Crippen LogP contribution in [0.1, 0.15) is 34.0 Å². The van der Waals surface area contributed by atoms with Gasteiger partial charge in [0.1, 0.15) is 12.2 Å². The summed E-state index contributed by atoms with van der Waals surface area (Å²) in [6.07, 6.45) is 1.88. The average Bonchev–Trinajstić information content (AvgIpc) is 2.64. The Balaban J connectivity index is 1.91. The molecular weight excluding hydrogens is 380 g/mol. The van der Waals surface area contributed by atoms with Crippen molar-refractivity contribution in [3.8, 4) is 0 Å². The van der Waals surface area contributed by atoms with Crippen molar-refractivity contribution in [2.24, 2.45) is 0 Å². The zero-order valence-electron chi connectivity index (χ0n) is 15.8. The summed E-state index contributed by atoms with van der Waals surface area (Å²) in [6.45, 7) is 3.56. The number of benzene rings is 2. The highest BCUT2D eigenvalue weighted by molar-refractivity contribution is 7.90. The maximum Gasteiger partial charge on any atom is 0.338 e. The van der Waals surface area contributed by atoms with E-state index < -0.39 is 21.4 Å². The predicted molar refractivity (Wildman–Crippen MR) is 105 cm³/mol. The molecule has 1 aromatic heterocycles. The van der Waals surface area contributed by atoms with Crippen LogP contribution in [-0.2, 0) is 27.6 Å². The van der Waals surface area contributed by atoms with Gasteiger partial charge in [-0.3, -0.25) is 0 Å². The van der Waals surface area contributed by atoms with Crippen LogP contribution in [0.3, 0.4) is 0 Å². The minimum atomic E-state index is -3.45. The molecule has 146 valence electrons. The first-order valence-corrected chi connectivity index (χ1v) is 10.6. The van der Waals surface area contributed by atoms with Crippen LogP contribution in [0.4, 0.5) is 0 Å². The van der Waals surface area contributed by atoms with Crippen molar-refractivity contribution in [1.82, 2.24) is 0 Å². The van der Waals surface area contributed by atoms with Crippen molar-refractivity contribution >= 4 is 26.8 Å². The van der Waals surface area contributed by atoms with E-state index in [9.17, 15) is 18.0 Å². The third-order valence-electron chi connectivity index (χ3n) is 4.52. The van der Waals surface area contributed by atoms with Gasteiger partial charge in [0.2, 0.25) is 0 Å². The van der Waals surface area contributed by atoms with Crippen LogP contribution in [0, 0.1) is 6.92 Å². The maximum absolute atomic E-state index is 12.5. The van der Waals surface area contributed by atoms with Gasteiger partial charge in [0.15, 0.2) is 9.84 Å². The van der Waals surface area contributed by atoms with Gasteiger partial charge in [0.05, 0.1) is 10.5 Å². The molecule has 1 heterocycles. The lowest BCUT2D eigenvalue weighted by Gasteiger charge is -2.10. The first-order valence-electron chi connectivity index (χ1n) is 8.72. The Morgan fingerprint density at radius 1 is 1.11 bits per heavy atom. The molecule has 0 aliphatic heterocycles. The van der Waals surface area contributed by atoms with E-state index in [0.717, 1.165) is 18.2 Å². The van der Waals surface area contributed by atoms with E-state index in [2.05, 4.69) is 0 Å². The molecule has 7 heteroatoms. The SMILES string of the molecule is CCc1ccc2c(COC(=O)c3cc(S(C)(=O)=O)ccc3C)cc(=O)oc2c1. The maximum atomic E-state index is 12.5. The minimum absolute atomic E-state index is 0.0444. The molecule has 0 amide bonds. The van der Waals surface area contributed by atoms with E-state index in [1.54, 1.807) is 19.1 Å². The number of hydrogen-bond acceptors (Lipinski definition) is 6. The van der Waals surface area contributed by atoms with Crippen LogP contribution < -0.4 is 5.63 Å². The number of rotatable bonds is 5. The molecule has 3 aromatic rings. The van der Waals surface area contributed by atoms with Gasteiger partial charge < -0.3 is 9.15 Å². The van der Waals surface area contributed by atoms with Crippen LogP contribution in [0.2, 0.25) is 0 Å². The summed E-state index contributed by atoms with van der Waals surface area (Å²) in [4.78, 5) is 24.4. The van der Waals surface area contributed by atoms with E-state index in [-0.39, 0.29) is 17.1 Å². The van der Waals surface area contributed by atoms with E-state index in [1.165, 1.54) is 18.2 Å². The molecule has 0 saturated carbocycles. The quantitative estimate of drug-likeness (QED) is 0.481. The molecule has 0 atom stereocenters. The molecule has 0 fully saturated rings. The van der Waals surface area contributed by atoms with Crippen molar-refractivity contribution in [1.29, 1.82) is 0 Å². The Labute approximate surface area is 162 Å². The number of ether oxygens (including phenoxy) is 1. The van der Waals surface area contributed by atoms with Crippen molar-refractivity contribution in [3.63, 3.8) is 0 Å². The van der Waals surface area contributed by atoms with Gasteiger partial charge in [-0.2, -0.15) is 0 Å². The normalized spacial score (nSPS) is 11.5. The zero-order chi connectivity index (χ0) is 20.5. The molecule has 2 aromatic carbocycles. The van der Waals surface area contributed by atoms with Gasteiger partial charge in [-0.05, 0) is 42.7 Å². The minimum Gasteiger partial charge on any atom is -0.457 e.